The SMILES string of the molecule is COC(=O)[C@@]1(CC#N)CCC(c2ccc(OCc3ccccc3)cc2)N1C(=O)OC(C)(C)C. The van der Waals surface area contributed by atoms with Crippen LogP contribution in [0.2, 0.25) is 0 Å². The standard InChI is InChI=1S/C26H30N2O5/c1-25(2,3)33-24(30)28-22(14-15-26(28,16-17-27)23(29)31-4)20-10-12-21(13-11-20)32-18-19-8-6-5-7-9-19/h5-13,22H,14-16,18H2,1-4H3/t22?,26-/m0/s1. The highest BCUT2D eigenvalue weighted by Crippen LogP contribution is 2.46. The molecule has 0 bridgehead atoms. The number of rotatable bonds is 6. The van der Waals surface area contributed by atoms with E-state index < -0.39 is 29.2 Å². The molecule has 1 unspecified atom stereocenters. The van der Waals surface area contributed by atoms with Gasteiger partial charge in [0.1, 0.15) is 18.0 Å². The number of nitrogens with zero attached hydrogens (tertiary/aromatic N) is 2. The summed E-state index contributed by atoms with van der Waals surface area (Å²) < 4.78 is 16.5. The van der Waals surface area contributed by atoms with Gasteiger partial charge in [-0.25, -0.2) is 9.59 Å². The van der Waals surface area contributed by atoms with Gasteiger partial charge in [0.25, 0.3) is 0 Å². The Bertz CT molecular complexity index is 1010. The summed E-state index contributed by atoms with van der Waals surface area (Å²) >= 11 is 0. The number of amides is 1. The number of carbonyl (C=O) groups excluding carboxylic acids is 2. The highest BCUT2D eigenvalue weighted by molar-refractivity contribution is 5.87. The van der Waals surface area contributed by atoms with E-state index in [9.17, 15) is 14.9 Å². The number of esters is 1. The van der Waals surface area contributed by atoms with Crippen molar-refractivity contribution in [1.29, 1.82) is 5.26 Å². The van der Waals surface area contributed by atoms with Gasteiger partial charge < -0.3 is 14.2 Å². The van der Waals surface area contributed by atoms with Crippen LogP contribution in [0.25, 0.3) is 0 Å². The number of nitriles is 1. The Kier molecular flexibility index (Phi) is 7.27. The first-order valence-electron chi connectivity index (χ1n) is 10.9. The third-order valence-electron chi connectivity index (χ3n) is 5.64. The smallest absolute Gasteiger partial charge is 0.411 e. The summed E-state index contributed by atoms with van der Waals surface area (Å²) in [6.07, 6.45) is -0.00723. The molecule has 2 aromatic carbocycles. The molecule has 3 rings (SSSR count). The molecule has 174 valence electrons. The molecule has 1 heterocycles. The first-order valence-corrected chi connectivity index (χ1v) is 10.9. The minimum absolute atomic E-state index is 0.173. The second kappa shape index (κ2) is 9.95. The summed E-state index contributed by atoms with van der Waals surface area (Å²) in [6.45, 7) is 5.73. The Labute approximate surface area is 194 Å². The van der Waals surface area contributed by atoms with Gasteiger partial charge in [0.15, 0.2) is 5.54 Å². The fourth-order valence-electron chi connectivity index (χ4n) is 4.15. The van der Waals surface area contributed by atoms with Crippen LogP contribution in [0.4, 0.5) is 4.79 Å². The molecule has 7 heteroatoms. The second-order valence-corrected chi connectivity index (χ2v) is 9.11. The van der Waals surface area contributed by atoms with Crippen molar-refractivity contribution in [2.75, 3.05) is 7.11 Å². The average molecular weight is 451 g/mol. The van der Waals surface area contributed by atoms with Gasteiger partial charge in [0, 0.05) is 0 Å². The summed E-state index contributed by atoms with van der Waals surface area (Å²) in [5, 5.41) is 9.46. The normalized spacial score (nSPS) is 20.1. The molecule has 1 saturated heterocycles. The average Bonchev–Trinajstić information content (AvgIpc) is 3.18. The molecule has 0 N–H and O–H groups in total. The molecule has 33 heavy (non-hydrogen) atoms. The number of methoxy groups -OCH3 is 1. The van der Waals surface area contributed by atoms with Crippen molar-refractivity contribution >= 4 is 12.1 Å². The number of hydrogen-bond acceptors (Lipinski definition) is 6. The van der Waals surface area contributed by atoms with E-state index in [-0.39, 0.29) is 6.42 Å². The van der Waals surface area contributed by atoms with Crippen LogP contribution in [0.15, 0.2) is 54.6 Å². The molecule has 1 fully saturated rings. The Hall–Kier alpha value is -3.53. The van der Waals surface area contributed by atoms with Crippen LogP contribution in [0, 0.1) is 11.3 Å². The van der Waals surface area contributed by atoms with Gasteiger partial charge in [-0.2, -0.15) is 5.26 Å². The molecule has 0 aromatic heterocycles. The zero-order chi connectivity index (χ0) is 24.1. The van der Waals surface area contributed by atoms with Crippen molar-refractivity contribution in [3.05, 3.63) is 65.7 Å². The minimum atomic E-state index is -1.39. The summed E-state index contributed by atoms with van der Waals surface area (Å²) in [5.41, 5.74) is -0.253. The molecule has 2 atom stereocenters. The Balaban J connectivity index is 1.87. The molecule has 7 nitrogen and oxygen atoms in total. The quantitative estimate of drug-likeness (QED) is 0.565. The number of likely N-dealkylation sites (tertiary alicyclic amines) is 1. The van der Waals surface area contributed by atoms with Crippen molar-refractivity contribution in [3.63, 3.8) is 0 Å². The van der Waals surface area contributed by atoms with Gasteiger partial charge >= 0.3 is 12.1 Å². The largest absolute Gasteiger partial charge is 0.489 e. The van der Waals surface area contributed by atoms with Crippen molar-refractivity contribution in [2.45, 2.75) is 63.8 Å². The zero-order valence-corrected chi connectivity index (χ0v) is 19.5. The topological polar surface area (TPSA) is 88.9 Å². The van der Waals surface area contributed by atoms with Gasteiger partial charge in [0.2, 0.25) is 0 Å². The van der Waals surface area contributed by atoms with Gasteiger partial charge in [0.05, 0.1) is 25.6 Å². The van der Waals surface area contributed by atoms with Crippen LogP contribution in [-0.4, -0.2) is 35.2 Å². The van der Waals surface area contributed by atoms with Gasteiger partial charge in [-0.1, -0.05) is 42.5 Å². The number of hydrogen-bond donors (Lipinski definition) is 0. The van der Waals surface area contributed by atoms with Crippen LogP contribution < -0.4 is 4.74 Å². The highest BCUT2D eigenvalue weighted by atomic mass is 16.6. The van der Waals surface area contributed by atoms with Crippen LogP contribution in [0.5, 0.6) is 5.75 Å². The molecule has 1 aliphatic rings. The first kappa shape index (κ1) is 24.1. The molecule has 0 spiro atoms. The van der Waals surface area contributed by atoms with Crippen molar-refractivity contribution in [3.8, 4) is 11.8 Å². The Morgan fingerprint density at radius 2 is 1.79 bits per heavy atom. The second-order valence-electron chi connectivity index (χ2n) is 9.11. The van der Waals surface area contributed by atoms with Crippen LogP contribution >= 0.6 is 0 Å². The lowest BCUT2D eigenvalue weighted by molar-refractivity contribution is -0.153. The van der Waals surface area contributed by atoms with Gasteiger partial charge in [-0.05, 0) is 56.9 Å². The van der Waals surface area contributed by atoms with E-state index in [2.05, 4.69) is 6.07 Å². The van der Waals surface area contributed by atoms with Crippen LogP contribution in [0.3, 0.4) is 0 Å². The molecular formula is C26H30N2O5. The molecule has 0 saturated carbocycles. The van der Waals surface area contributed by atoms with Crippen LogP contribution in [-0.2, 0) is 20.9 Å². The number of ether oxygens (including phenoxy) is 3. The van der Waals surface area contributed by atoms with E-state index in [1.165, 1.54) is 12.0 Å². The van der Waals surface area contributed by atoms with E-state index >= 15 is 0 Å². The molecular weight excluding hydrogens is 420 g/mol. The third-order valence-corrected chi connectivity index (χ3v) is 5.64. The van der Waals surface area contributed by atoms with Crippen molar-refractivity contribution < 1.29 is 23.8 Å². The van der Waals surface area contributed by atoms with Crippen LogP contribution in [0.1, 0.15) is 57.2 Å². The first-order chi connectivity index (χ1) is 15.7. The van der Waals surface area contributed by atoms with E-state index in [4.69, 9.17) is 14.2 Å². The molecule has 0 radical (unpaired) electrons. The number of benzene rings is 2. The van der Waals surface area contributed by atoms with E-state index in [0.29, 0.717) is 25.2 Å². The van der Waals surface area contributed by atoms with E-state index in [0.717, 1.165) is 11.1 Å². The fraction of sp³-hybridized carbons (Fsp3) is 0.423. The lowest BCUT2D eigenvalue weighted by Gasteiger charge is -2.38. The monoisotopic (exact) mass is 450 g/mol. The molecule has 2 aromatic rings. The summed E-state index contributed by atoms with van der Waals surface area (Å²) in [7, 11) is 1.26. The molecule has 1 aliphatic heterocycles. The van der Waals surface area contributed by atoms with Crippen molar-refractivity contribution in [2.24, 2.45) is 0 Å². The predicted molar refractivity (Wildman–Crippen MR) is 122 cm³/mol. The third kappa shape index (κ3) is 5.46. The Morgan fingerprint density at radius 3 is 2.36 bits per heavy atom. The van der Waals surface area contributed by atoms with E-state index in [1.807, 2.05) is 54.6 Å². The zero-order valence-electron chi connectivity index (χ0n) is 19.5. The van der Waals surface area contributed by atoms with Gasteiger partial charge in [-0.15, -0.1) is 0 Å². The maximum Gasteiger partial charge on any atom is 0.411 e. The van der Waals surface area contributed by atoms with Gasteiger partial charge in [-0.3, -0.25) is 4.90 Å². The lowest BCUT2D eigenvalue weighted by atomic mass is 9.93. The predicted octanol–water partition coefficient (Wildman–Crippen LogP) is 5.16. The molecule has 1 amide bonds. The number of carbonyl (C=O) groups is 2. The van der Waals surface area contributed by atoms with E-state index in [1.54, 1.807) is 20.8 Å². The maximum absolute atomic E-state index is 13.2. The lowest BCUT2D eigenvalue weighted by Crippen LogP contribution is -2.55. The minimum Gasteiger partial charge on any atom is -0.489 e. The highest BCUT2D eigenvalue weighted by Gasteiger charge is 2.56. The summed E-state index contributed by atoms with van der Waals surface area (Å²) in [5.74, 6) is 0.0842. The Morgan fingerprint density at radius 1 is 1.12 bits per heavy atom. The summed E-state index contributed by atoms with van der Waals surface area (Å²) in [6, 6.07) is 18.9. The summed E-state index contributed by atoms with van der Waals surface area (Å²) in [4.78, 5) is 27.5. The molecule has 0 aliphatic carbocycles. The maximum atomic E-state index is 13.2. The van der Waals surface area contributed by atoms with Crippen molar-refractivity contribution in [1.82, 2.24) is 4.90 Å². The fourth-order valence-corrected chi connectivity index (χ4v) is 4.15.